The van der Waals surface area contributed by atoms with Crippen molar-refractivity contribution in [2.24, 2.45) is 0 Å². The highest BCUT2D eigenvalue weighted by Crippen LogP contribution is 2.32. The Morgan fingerprint density at radius 1 is 1.30 bits per heavy atom. The number of ether oxygens (including phenoxy) is 2. The lowest BCUT2D eigenvalue weighted by molar-refractivity contribution is 0.213. The van der Waals surface area contributed by atoms with Crippen molar-refractivity contribution in [1.82, 2.24) is 4.98 Å². The van der Waals surface area contributed by atoms with Gasteiger partial charge in [0.15, 0.2) is 0 Å². The fourth-order valence-electron chi connectivity index (χ4n) is 1.92. The molecule has 4 nitrogen and oxygen atoms in total. The molecule has 0 radical (unpaired) electrons. The molecular weight excluding hydrogens is 278 g/mol. The van der Waals surface area contributed by atoms with Crippen molar-refractivity contribution in [2.45, 2.75) is 13.0 Å². The minimum Gasteiger partial charge on any atom is -0.496 e. The summed E-state index contributed by atoms with van der Waals surface area (Å²) in [5.41, 5.74) is 1.27. The highest BCUT2D eigenvalue weighted by atomic mass is 35.5. The first-order valence-electron chi connectivity index (χ1n) is 6.25. The molecule has 20 heavy (non-hydrogen) atoms. The fourth-order valence-corrected chi connectivity index (χ4v) is 2.08. The average Bonchev–Trinajstić information content (AvgIpc) is 2.47. The number of benzene rings is 1. The lowest BCUT2D eigenvalue weighted by Crippen LogP contribution is -2.04. The summed E-state index contributed by atoms with van der Waals surface area (Å²) >= 11 is 5.92. The molecule has 106 valence electrons. The number of rotatable bonds is 5. The Kier molecular flexibility index (Phi) is 4.82. The molecule has 1 unspecified atom stereocenters. The van der Waals surface area contributed by atoms with Gasteiger partial charge in [-0.2, -0.15) is 0 Å². The fraction of sp³-hybridized carbons (Fsp3) is 0.267. The van der Waals surface area contributed by atoms with Gasteiger partial charge in [0.25, 0.3) is 0 Å². The first kappa shape index (κ1) is 14.6. The molecule has 0 aliphatic rings. The number of pyridine rings is 1. The molecule has 0 aliphatic heterocycles. The van der Waals surface area contributed by atoms with Gasteiger partial charge in [-0.1, -0.05) is 17.7 Å². The molecule has 1 aromatic heterocycles. The zero-order chi connectivity index (χ0) is 14.5. The quantitative estimate of drug-likeness (QED) is 0.919. The number of aromatic nitrogens is 1. The summed E-state index contributed by atoms with van der Waals surface area (Å²) < 4.78 is 10.6. The van der Waals surface area contributed by atoms with Gasteiger partial charge in [0.1, 0.15) is 17.6 Å². The third-order valence-corrected chi connectivity index (χ3v) is 3.09. The maximum absolute atomic E-state index is 10.5. The summed E-state index contributed by atoms with van der Waals surface area (Å²) in [4.78, 5) is 4.07. The van der Waals surface area contributed by atoms with E-state index in [4.69, 9.17) is 21.1 Å². The molecule has 0 bridgehead atoms. The Bertz CT molecular complexity index is 589. The van der Waals surface area contributed by atoms with Crippen molar-refractivity contribution in [3.8, 4) is 11.5 Å². The van der Waals surface area contributed by atoms with E-state index in [2.05, 4.69) is 4.98 Å². The lowest BCUT2D eigenvalue weighted by atomic mass is 10.0. The first-order valence-corrected chi connectivity index (χ1v) is 6.62. The van der Waals surface area contributed by atoms with Gasteiger partial charge in [0.05, 0.1) is 19.9 Å². The van der Waals surface area contributed by atoms with E-state index in [1.165, 1.54) is 7.11 Å². The van der Waals surface area contributed by atoms with Crippen molar-refractivity contribution in [3.05, 3.63) is 52.8 Å². The minimum atomic E-state index is -0.852. The molecule has 2 rings (SSSR count). The first-order chi connectivity index (χ1) is 9.65. The molecule has 0 saturated carbocycles. The molecule has 0 amide bonds. The monoisotopic (exact) mass is 293 g/mol. The highest BCUT2D eigenvalue weighted by molar-refractivity contribution is 6.30. The van der Waals surface area contributed by atoms with E-state index in [1.54, 1.807) is 36.7 Å². The third kappa shape index (κ3) is 3.21. The second kappa shape index (κ2) is 6.59. The van der Waals surface area contributed by atoms with E-state index < -0.39 is 6.10 Å². The molecule has 1 atom stereocenters. The second-order valence-corrected chi connectivity index (χ2v) is 4.61. The van der Waals surface area contributed by atoms with Gasteiger partial charge in [0.2, 0.25) is 0 Å². The van der Waals surface area contributed by atoms with Crippen molar-refractivity contribution >= 4 is 11.6 Å². The lowest BCUT2D eigenvalue weighted by Gasteiger charge is -2.16. The van der Waals surface area contributed by atoms with Crippen LogP contribution in [0.25, 0.3) is 0 Å². The number of aliphatic hydroxyl groups is 1. The topological polar surface area (TPSA) is 51.6 Å². The number of hydrogen-bond donors (Lipinski definition) is 1. The predicted molar refractivity (Wildman–Crippen MR) is 77.5 cm³/mol. The Morgan fingerprint density at radius 2 is 2.10 bits per heavy atom. The smallest absolute Gasteiger partial charge is 0.137 e. The van der Waals surface area contributed by atoms with E-state index in [9.17, 15) is 5.11 Å². The molecule has 1 heterocycles. The summed E-state index contributed by atoms with van der Waals surface area (Å²) in [6.07, 6.45) is 2.36. The Balaban J connectivity index is 2.35. The summed E-state index contributed by atoms with van der Waals surface area (Å²) in [7, 11) is 1.54. The minimum absolute atomic E-state index is 0.534. The van der Waals surface area contributed by atoms with Crippen molar-refractivity contribution in [2.75, 3.05) is 13.7 Å². The van der Waals surface area contributed by atoms with E-state index in [-0.39, 0.29) is 0 Å². The van der Waals surface area contributed by atoms with Crippen LogP contribution in [0.5, 0.6) is 11.5 Å². The molecule has 1 aromatic carbocycles. The Morgan fingerprint density at radius 3 is 2.80 bits per heavy atom. The SMILES string of the molecule is CCOc1cncc(C(O)c2ccc(Cl)cc2OC)c1. The zero-order valence-corrected chi connectivity index (χ0v) is 12.1. The molecule has 0 saturated heterocycles. The van der Waals surface area contributed by atoms with Gasteiger partial charge in [-0.05, 0) is 25.1 Å². The number of aliphatic hydroxyl groups excluding tert-OH is 1. The van der Waals surface area contributed by atoms with E-state index in [0.29, 0.717) is 34.3 Å². The van der Waals surface area contributed by atoms with Gasteiger partial charge in [-0.15, -0.1) is 0 Å². The summed E-state index contributed by atoms with van der Waals surface area (Å²) in [6, 6.07) is 6.87. The van der Waals surface area contributed by atoms with Gasteiger partial charge >= 0.3 is 0 Å². The average molecular weight is 294 g/mol. The van der Waals surface area contributed by atoms with Gasteiger partial charge in [-0.25, -0.2) is 0 Å². The van der Waals surface area contributed by atoms with Crippen LogP contribution in [0.3, 0.4) is 0 Å². The van der Waals surface area contributed by atoms with Crippen LogP contribution in [0, 0.1) is 0 Å². The van der Waals surface area contributed by atoms with Crippen LogP contribution < -0.4 is 9.47 Å². The zero-order valence-electron chi connectivity index (χ0n) is 11.3. The standard InChI is InChI=1S/C15H16ClNO3/c1-3-20-12-6-10(8-17-9-12)15(18)13-5-4-11(16)7-14(13)19-2/h4-9,15,18H,3H2,1-2H3. The van der Waals surface area contributed by atoms with Crippen LogP contribution in [0.4, 0.5) is 0 Å². The normalized spacial score (nSPS) is 12.0. The summed E-state index contributed by atoms with van der Waals surface area (Å²) in [6.45, 7) is 2.44. The Labute approximate surface area is 122 Å². The largest absolute Gasteiger partial charge is 0.496 e. The third-order valence-electron chi connectivity index (χ3n) is 2.85. The van der Waals surface area contributed by atoms with E-state index in [0.717, 1.165) is 0 Å². The maximum Gasteiger partial charge on any atom is 0.137 e. The molecule has 1 N–H and O–H groups in total. The van der Waals surface area contributed by atoms with E-state index >= 15 is 0 Å². The number of methoxy groups -OCH3 is 1. The van der Waals surface area contributed by atoms with Gasteiger partial charge in [-0.3, -0.25) is 4.98 Å². The van der Waals surface area contributed by atoms with Crippen LogP contribution in [-0.4, -0.2) is 23.8 Å². The summed E-state index contributed by atoms with van der Waals surface area (Å²) in [5.74, 6) is 1.16. The molecular formula is C15H16ClNO3. The Hall–Kier alpha value is -1.78. The highest BCUT2D eigenvalue weighted by Gasteiger charge is 2.16. The van der Waals surface area contributed by atoms with Crippen LogP contribution in [0.2, 0.25) is 5.02 Å². The molecule has 0 aliphatic carbocycles. The van der Waals surface area contributed by atoms with E-state index in [1.807, 2.05) is 6.92 Å². The molecule has 0 spiro atoms. The van der Waals surface area contributed by atoms with Crippen molar-refractivity contribution < 1.29 is 14.6 Å². The number of halogens is 1. The predicted octanol–water partition coefficient (Wildman–Crippen LogP) is 3.22. The second-order valence-electron chi connectivity index (χ2n) is 4.18. The van der Waals surface area contributed by atoms with Crippen LogP contribution >= 0.6 is 11.6 Å². The van der Waals surface area contributed by atoms with Crippen LogP contribution in [0.15, 0.2) is 36.7 Å². The van der Waals surface area contributed by atoms with Gasteiger partial charge < -0.3 is 14.6 Å². The van der Waals surface area contributed by atoms with Crippen molar-refractivity contribution in [3.63, 3.8) is 0 Å². The van der Waals surface area contributed by atoms with Crippen molar-refractivity contribution in [1.29, 1.82) is 0 Å². The molecule has 0 fully saturated rings. The maximum atomic E-state index is 10.5. The summed E-state index contributed by atoms with van der Waals surface area (Å²) in [5, 5.41) is 11.0. The van der Waals surface area contributed by atoms with Gasteiger partial charge in [0, 0.05) is 22.3 Å². The van der Waals surface area contributed by atoms with Crippen LogP contribution in [0.1, 0.15) is 24.2 Å². The van der Waals surface area contributed by atoms with Crippen LogP contribution in [-0.2, 0) is 0 Å². The molecule has 2 aromatic rings. The molecule has 5 heteroatoms. The number of nitrogens with zero attached hydrogens (tertiary/aromatic N) is 1. The number of hydrogen-bond acceptors (Lipinski definition) is 4.